The zero-order valence-electron chi connectivity index (χ0n) is 8.14. The molecule has 0 bridgehead atoms. The highest BCUT2D eigenvalue weighted by Crippen LogP contribution is 2.40. The highest BCUT2D eigenvalue weighted by Gasteiger charge is 2.36. The average Bonchev–Trinajstić information content (AvgIpc) is 2.05. The maximum Gasteiger partial charge on any atom is 0.0685 e. The minimum absolute atomic E-state index is 0.329. The third kappa shape index (κ3) is 1.66. The molecule has 2 fully saturated rings. The van der Waals surface area contributed by atoms with Gasteiger partial charge in [0.15, 0.2) is 0 Å². The van der Waals surface area contributed by atoms with Crippen LogP contribution in [0.5, 0.6) is 0 Å². The fourth-order valence-corrected chi connectivity index (χ4v) is 2.88. The van der Waals surface area contributed by atoms with Crippen LogP contribution in [-0.4, -0.2) is 12.2 Å². The largest absolute Gasteiger partial charge is 0.375 e. The molecule has 1 saturated heterocycles. The Balaban J connectivity index is 1.97. The topological polar surface area (TPSA) is 9.23 Å². The lowest BCUT2D eigenvalue weighted by Crippen LogP contribution is -2.40. The van der Waals surface area contributed by atoms with Crippen LogP contribution in [0.15, 0.2) is 0 Å². The smallest absolute Gasteiger partial charge is 0.0685 e. The van der Waals surface area contributed by atoms with E-state index in [1.165, 1.54) is 44.9 Å². The first-order chi connectivity index (χ1) is 5.81. The first-order valence-electron chi connectivity index (χ1n) is 5.45. The van der Waals surface area contributed by atoms with Gasteiger partial charge in [0.25, 0.3) is 0 Å². The Hall–Kier alpha value is -0.0400. The molecule has 1 aliphatic carbocycles. The fourth-order valence-electron chi connectivity index (χ4n) is 2.88. The van der Waals surface area contributed by atoms with Crippen molar-refractivity contribution in [3.63, 3.8) is 0 Å². The SMILES string of the molecule is C[C@H]1CCCC2(CCCCO2)C1. The first-order valence-corrected chi connectivity index (χ1v) is 5.45. The molecule has 1 nitrogen and oxygen atoms in total. The van der Waals surface area contributed by atoms with Gasteiger partial charge in [-0.25, -0.2) is 0 Å². The maximum absolute atomic E-state index is 5.98. The van der Waals surface area contributed by atoms with Crippen molar-refractivity contribution in [2.75, 3.05) is 6.61 Å². The number of ether oxygens (including phenoxy) is 1. The molecule has 0 N–H and O–H groups in total. The van der Waals surface area contributed by atoms with Crippen LogP contribution < -0.4 is 0 Å². The lowest BCUT2D eigenvalue weighted by atomic mass is 9.75. The van der Waals surface area contributed by atoms with Gasteiger partial charge in [0, 0.05) is 6.61 Å². The molecule has 1 aliphatic heterocycles. The summed E-state index contributed by atoms with van der Waals surface area (Å²) < 4.78 is 5.98. The molecule has 1 heteroatoms. The average molecular weight is 168 g/mol. The number of hydrogen-bond donors (Lipinski definition) is 0. The molecule has 0 amide bonds. The van der Waals surface area contributed by atoms with E-state index >= 15 is 0 Å². The van der Waals surface area contributed by atoms with Crippen molar-refractivity contribution in [2.45, 2.75) is 57.5 Å². The maximum atomic E-state index is 5.98. The van der Waals surface area contributed by atoms with Crippen LogP contribution in [0.4, 0.5) is 0 Å². The van der Waals surface area contributed by atoms with E-state index in [0.717, 1.165) is 12.5 Å². The van der Waals surface area contributed by atoms with E-state index in [0.29, 0.717) is 5.60 Å². The molecule has 1 heterocycles. The van der Waals surface area contributed by atoms with Crippen molar-refractivity contribution in [3.8, 4) is 0 Å². The normalized spacial score (nSPS) is 43.2. The second kappa shape index (κ2) is 3.37. The van der Waals surface area contributed by atoms with Gasteiger partial charge < -0.3 is 4.74 Å². The highest BCUT2D eigenvalue weighted by atomic mass is 16.5. The second-order valence-electron chi connectivity index (χ2n) is 4.69. The molecular formula is C11H20O. The summed E-state index contributed by atoms with van der Waals surface area (Å²) in [5.41, 5.74) is 0.329. The van der Waals surface area contributed by atoms with Crippen LogP contribution in [0.25, 0.3) is 0 Å². The van der Waals surface area contributed by atoms with Gasteiger partial charge in [0.05, 0.1) is 5.60 Å². The summed E-state index contributed by atoms with van der Waals surface area (Å²) in [7, 11) is 0. The van der Waals surface area contributed by atoms with Crippen molar-refractivity contribution < 1.29 is 4.74 Å². The third-order valence-electron chi connectivity index (χ3n) is 3.48. The van der Waals surface area contributed by atoms with Crippen LogP contribution in [0, 0.1) is 5.92 Å². The summed E-state index contributed by atoms with van der Waals surface area (Å²) in [4.78, 5) is 0. The molecule has 1 unspecified atom stereocenters. The van der Waals surface area contributed by atoms with Gasteiger partial charge in [-0.3, -0.25) is 0 Å². The summed E-state index contributed by atoms with van der Waals surface area (Å²) in [5, 5.41) is 0. The van der Waals surface area contributed by atoms with Crippen LogP contribution in [0.3, 0.4) is 0 Å². The molecule has 0 radical (unpaired) electrons. The molecule has 2 rings (SSSR count). The Bertz CT molecular complexity index is 142. The van der Waals surface area contributed by atoms with Crippen LogP contribution in [0.1, 0.15) is 51.9 Å². The molecule has 0 aromatic rings. The zero-order chi connectivity index (χ0) is 8.44. The van der Waals surface area contributed by atoms with E-state index < -0.39 is 0 Å². The lowest BCUT2D eigenvalue weighted by Gasteiger charge is -2.42. The number of rotatable bonds is 0. The van der Waals surface area contributed by atoms with Crippen molar-refractivity contribution in [1.82, 2.24) is 0 Å². The molecule has 2 atom stereocenters. The summed E-state index contributed by atoms with van der Waals surface area (Å²) in [6, 6.07) is 0. The minimum Gasteiger partial charge on any atom is -0.375 e. The minimum atomic E-state index is 0.329. The van der Waals surface area contributed by atoms with Crippen LogP contribution in [-0.2, 0) is 4.74 Å². The monoisotopic (exact) mass is 168 g/mol. The van der Waals surface area contributed by atoms with E-state index in [2.05, 4.69) is 6.92 Å². The zero-order valence-corrected chi connectivity index (χ0v) is 8.14. The van der Waals surface area contributed by atoms with Crippen molar-refractivity contribution in [1.29, 1.82) is 0 Å². The highest BCUT2D eigenvalue weighted by molar-refractivity contribution is 4.88. The second-order valence-corrected chi connectivity index (χ2v) is 4.69. The van der Waals surface area contributed by atoms with Gasteiger partial charge in [-0.2, -0.15) is 0 Å². The van der Waals surface area contributed by atoms with E-state index in [1.54, 1.807) is 0 Å². The van der Waals surface area contributed by atoms with Crippen molar-refractivity contribution >= 4 is 0 Å². The summed E-state index contributed by atoms with van der Waals surface area (Å²) >= 11 is 0. The molecule has 0 aromatic heterocycles. The van der Waals surface area contributed by atoms with Crippen molar-refractivity contribution in [3.05, 3.63) is 0 Å². The summed E-state index contributed by atoms with van der Waals surface area (Å²) in [5.74, 6) is 0.900. The lowest BCUT2D eigenvalue weighted by molar-refractivity contribution is -0.109. The summed E-state index contributed by atoms with van der Waals surface area (Å²) in [6.45, 7) is 3.39. The predicted octanol–water partition coefficient (Wildman–Crippen LogP) is 3.14. The third-order valence-corrected chi connectivity index (χ3v) is 3.48. The van der Waals surface area contributed by atoms with E-state index in [9.17, 15) is 0 Å². The van der Waals surface area contributed by atoms with E-state index in [1.807, 2.05) is 0 Å². The molecule has 12 heavy (non-hydrogen) atoms. The van der Waals surface area contributed by atoms with Crippen LogP contribution in [0.2, 0.25) is 0 Å². The van der Waals surface area contributed by atoms with Gasteiger partial charge in [0.2, 0.25) is 0 Å². The van der Waals surface area contributed by atoms with Gasteiger partial charge in [-0.15, -0.1) is 0 Å². The Kier molecular flexibility index (Phi) is 2.40. The van der Waals surface area contributed by atoms with E-state index in [-0.39, 0.29) is 0 Å². The molecular weight excluding hydrogens is 148 g/mol. The number of hydrogen-bond acceptors (Lipinski definition) is 1. The molecule has 2 aliphatic rings. The Morgan fingerprint density at radius 3 is 2.67 bits per heavy atom. The molecule has 0 aromatic carbocycles. The Labute approximate surface area is 75.5 Å². The standard InChI is InChI=1S/C11H20O/c1-10-5-4-7-11(9-10)6-2-3-8-12-11/h10H,2-9H2,1H3/t10-,11?/m0/s1. The Morgan fingerprint density at radius 2 is 2.00 bits per heavy atom. The molecule has 70 valence electrons. The quantitative estimate of drug-likeness (QED) is 0.540. The molecule has 1 saturated carbocycles. The van der Waals surface area contributed by atoms with Gasteiger partial charge in [-0.1, -0.05) is 19.8 Å². The van der Waals surface area contributed by atoms with Gasteiger partial charge >= 0.3 is 0 Å². The Morgan fingerprint density at radius 1 is 1.17 bits per heavy atom. The van der Waals surface area contributed by atoms with Gasteiger partial charge in [-0.05, 0) is 38.0 Å². The van der Waals surface area contributed by atoms with Gasteiger partial charge in [0.1, 0.15) is 0 Å². The predicted molar refractivity (Wildman–Crippen MR) is 50.2 cm³/mol. The van der Waals surface area contributed by atoms with E-state index in [4.69, 9.17) is 4.74 Å². The first kappa shape index (κ1) is 8.55. The summed E-state index contributed by atoms with van der Waals surface area (Å²) in [6.07, 6.45) is 9.48. The van der Waals surface area contributed by atoms with Crippen LogP contribution >= 0.6 is 0 Å². The fraction of sp³-hybridized carbons (Fsp3) is 1.00. The van der Waals surface area contributed by atoms with Crippen molar-refractivity contribution in [2.24, 2.45) is 5.92 Å². The molecule has 1 spiro atoms.